The van der Waals surface area contributed by atoms with Crippen LogP contribution in [0.5, 0.6) is 0 Å². The molecule has 4 rings (SSSR count). The van der Waals surface area contributed by atoms with Gasteiger partial charge in [0.2, 0.25) is 0 Å². The first-order valence-electron chi connectivity index (χ1n) is 11.6. The molecule has 0 aliphatic heterocycles. The molecule has 6 heteroatoms. The summed E-state index contributed by atoms with van der Waals surface area (Å²) in [5.41, 5.74) is 3.32. The molecule has 0 fully saturated rings. The molecule has 0 amide bonds. The number of sulfone groups is 1. The number of aryl methyl sites for hydroxylation is 1. The van der Waals surface area contributed by atoms with Crippen molar-refractivity contribution in [1.29, 1.82) is 0 Å². The van der Waals surface area contributed by atoms with E-state index >= 15 is 0 Å². The minimum Gasteiger partial charge on any atom is -0.356 e. The summed E-state index contributed by atoms with van der Waals surface area (Å²) >= 11 is 1.51. The number of anilines is 1. The molecule has 0 aliphatic carbocycles. The lowest BCUT2D eigenvalue weighted by Gasteiger charge is -2.20. The van der Waals surface area contributed by atoms with Crippen LogP contribution < -0.4 is 4.90 Å². The zero-order valence-electron chi connectivity index (χ0n) is 19.8. The lowest BCUT2D eigenvalue weighted by Crippen LogP contribution is -2.24. The van der Waals surface area contributed by atoms with Crippen molar-refractivity contribution in [3.63, 3.8) is 0 Å². The Kier molecular flexibility index (Phi) is 7.49. The smallest absolute Gasteiger partial charge is 0.183 e. The van der Waals surface area contributed by atoms with Gasteiger partial charge in [0.15, 0.2) is 9.84 Å². The van der Waals surface area contributed by atoms with E-state index in [0.29, 0.717) is 4.90 Å². The van der Waals surface area contributed by atoms with Crippen LogP contribution in [0.3, 0.4) is 0 Å². The summed E-state index contributed by atoms with van der Waals surface area (Å²) in [6.07, 6.45) is 0. The number of nitrogens with zero attached hydrogens (tertiary/aromatic N) is 2. The summed E-state index contributed by atoms with van der Waals surface area (Å²) in [6.45, 7) is 7.63. The fourth-order valence-corrected chi connectivity index (χ4v) is 7.05. The molecule has 3 aromatic carbocycles. The molecule has 0 saturated carbocycles. The van der Waals surface area contributed by atoms with E-state index in [2.05, 4.69) is 43.0 Å². The lowest BCUT2D eigenvalue weighted by molar-refractivity contribution is 0.595. The Balaban J connectivity index is 1.82. The van der Waals surface area contributed by atoms with Crippen LogP contribution in [0.2, 0.25) is 0 Å². The van der Waals surface area contributed by atoms with Gasteiger partial charge in [-0.3, -0.25) is 0 Å². The molecular formula is C28H30N2O2S2. The van der Waals surface area contributed by atoms with E-state index in [1.807, 2.05) is 55.5 Å². The van der Waals surface area contributed by atoms with Gasteiger partial charge in [-0.15, -0.1) is 11.3 Å². The van der Waals surface area contributed by atoms with Crippen molar-refractivity contribution in [2.75, 3.05) is 18.0 Å². The number of hydrogen-bond donors (Lipinski definition) is 0. The number of benzene rings is 3. The van der Waals surface area contributed by atoms with E-state index in [1.165, 1.54) is 11.3 Å². The number of rotatable bonds is 9. The normalized spacial score (nSPS) is 11.6. The van der Waals surface area contributed by atoms with Crippen LogP contribution in [0.4, 0.5) is 5.82 Å². The van der Waals surface area contributed by atoms with Crippen LogP contribution in [0.15, 0.2) is 89.8 Å². The van der Waals surface area contributed by atoms with Crippen LogP contribution in [-0.4, -0.2) is 26.5 Å². The molecule has 1 heterocycles. The van der Waals surface area contributed by atoms with Gasteiger partial charge in [-0.05, 0) is 44.0 Å². The van der Waals surface area contributed by atoms with E-state index in [4.69, 9.17) is 4.98 Å². The van der Waals surface area contributed by atoms with Gasteiger partial charge in [0.25, 0.3) is 0 Å². The Morgan fingerprint density at radius 1 is 0.824 bits per heavy atom. The molecular weight excluding hydrogens is 460 g/mol. The molecule has 0 bridgehead atoms. The summed E-state index contributed by atoms with van der Waals surface area (Å²) in [4.78, 5) is 8.36. The lowest BCUT2D eigenvalue weighted by atomic mass is 9.92. The topological polar surface area (TPSA) is 50.3 Å². The molecule has 176 valence electrons. The monoisotopic (exact) mass is 490 g/mol. The maximum Gasteiger partial charge on any atom is 0.183 e. The van der Waals surface area contributed by atoms with Gasteiger partial charge in [0, 0.05) is 13.1 Å². The highest BCUT2D eigenvalue weighted by Gasteiger charge is 2.27. The first-order chi connectivity index (χ1) is 16.4. The molecule has 0 radical (unpaired) electrons. The van der Waals surface area contributed by atoms with E-state index < -0.39 is 9.84 Å². The SMILES string of the molecule is CCN(CC)c1nc(C(c2ccccc2)c2ccccc2)sc1CS(=O)(=O)c1ccc(C)cc1. The van der Waals surface area contributed by atoms with Crippen LogP contribution in [-0.2, 0) is 15.6 Å². The van der Waals surface area contributed by atoms with E-state index in [9.17, 15) is 8.42 Å². The maximum absolute atomic E-state index is 13.3. The summed E-state index contributed by atoms with van der Waals surface area (Å²) in [5, 5.41) is 0.911. The van der Waals surface area contributed by atoms with Gasteiger partial charge in [-0.25, -0.2) is 13.4 Å². The minimum atomic E-state index is -3.50. The minimum absolute atomic E-state index is 0.0578. The van der Waals surface area contributed by atoms with E-state index in [1.54, 1.807) is 12.1 Å². The Morgan fingerprint density at radius 3 is 1.85 bits per heavy atom. The summed E-state index contributed by atoms with van der Waals surface area (Å²) in [5.74, 6) is 0.658. The van der Waals surface area contributed by atoms with Crippen LogP contribution in [0.1, 0.15) is 46.3 Å². The van der Waals surface area contributed by atoms with Gasteiger partial charge in [0.05, 0.1) is 21.4 Å². The fraction of sp³-hybridized carbons (Fsp3) is 0.250. The zero-order chi connectivity index (χ0) is 24.1. The highest BCUT2D eigenvalue weighted by Crippen LogP contribution is 2.39. The van der Waals surface area contributed by atoms with Crippen molar-refractivity contribution in [1.82, 2.24) is 4.98 Å². The first-order valence-corrected chi connectivity index (χ1v) is 14.0. The molecule has 4 nitrogen and oxygen atoms in total. The van der Waals surface area contributed by atoms with Crippen molar-refractivity contribution in [2.45, 2.75) is 37.3 Å². The summed E-state index contributed by atoms with van der Waals surface area (Å²) < 4.78 is 26.7. The van der Waals surface area contributed by atoms with Crippen molar-refractivity contribution < 1.29 is 8.42 Å². The zero-order valence-corrected chi connectivity index (χ0v) is 21.4. The molecule has 0 N–H and O–H groups in total. The molecule has 0 atom stereocenters. The summed E-state index contributed by atoms with van der Waals surface area (Å²) in [7, 11) is -3.50. The molecule has 1 aromatic heterocycles. The van der Waals surface area contributed by atoms with Crippen molar-refractivity contribution in [3.05, 3.63) is 112 Å². The number of hydrogen-bond acceptors (Lipinski definition) is 5. The predicted octanol–water partition coefficient (Wildman–Crippen LogP) is 6.45. The maximum atomic E-state index is 13.3. The Bertz CT molecular complexity index is 1270. The second-order valence-electron chi connectivity index (χ2n) is 8.30. The van der Waals surface area contributed by atoms with E-state index in [0.717, 1.165) is 45.5 Å². The molecule has 4 aromatic rings. The predicted molar refractivity (Wildman–Crippen MR) is 142 cm³/mol. The third kappa shape index (κ3) is 5.24. The highest BCUT2D eigenvalue weighted by molar-refractivity contribution is 7.90. The van der Waals surface area contributed by atoms with E-state index in [-0.39, 0.29) is 11.7 Å². The molecule has 0 spiro atoms. The third-order valence-electron chi connectivity index (χ3n) is 5.97. The van der Waals surface area contributed by atoms with Crippen molar-refractivity contribution in [2.24, 2.45) is 0 Å². The number of aromatic nitrogens is 1. The average Bonchev–Trinajstić information content (AvgIpc) is 3.24. The fourth-order valence-electron chi connectivity index (χ4n) is 4.12. The van der Waals surface area contributed by atoms with Crippen molar-refractivity contribution >= 4 is 27.0 Å². The quantitative estimate of drug-likeness (QED) is 0.270. The Hall–Kier alpha value is -2.96. The third-order valence-corrected chi connectivity index (χ3v) is 8.92. The van der Waals surface area contributed by atoms with Gasteiger partial charge < -0.3 is 4.90 Å². The van der Waals surface area contributed by atoms with Gasteiger partial charge >= 0.3 is 0 Å². The van der Waals surface area contributed by atoms with Crippen LogP contribution >= 0.6 is 11.3 Å². The molecule has 0 unspecified atom stereocenters. The second-order valence-corrected chi connectivity index (χ2v) is 11.4. The van der Waals surface area contributed by atoms with Gasteiger partial charge in [-0.1, -0.05) is 78.4 Å². The van der Waals surface area contributed by atoms with Gasteiger partial charge in [0.1, 0.15) is 10.8 Å². The highest BCUT2D eigenvalue weighted by atomic mass is 32.2. The summed E-state index contributed by atoms with van der Waals surface area (Å²) in [6, 6.07) is 27.7. The Labute approximate surface area is 206 Å². The average molecular weight is 491 g/mol. The van der Waals surface area contributed by atoms with Crippen LogP contribution in [0.25, 0.3) is 0 Å². The Morgan fingerprint density at radius 2 is 1.35 bits per heavy atom. The second kappa shape index (κ2) is 10.5. The largest absolute Gasteiger partial charge is 0.356 e. The van der Waals surface area contributed by atoms with Crippen LogP contribution in [0, 0.1) is 6.92 Å². The molecule has 0 aliphatic rings. The standard InChI is InChI=1S/C28H30N2O2S2/c1-4-30(5-2)27-25(20-34(31,32)24-18-16-21(3)17-19-24)33-28(29-27)26(22-12-8-6-9-13-22)23-14-10-7-11-15-23/h6-19,26H,4-5,20H2,1-3H3. The number of thiazole rings is 1. The van der Waals surface area contributed by atoms with Crippen molar-refractivity contribution in [3.8, 4) is 0 Å². The molecule has 34 heavy (non-hydrogen) atoms. The first kappa shape index (κ1) is 24.2. The molecule has 0 saturated heterocycles. The van der Waals surface area contributed by atoms with Gasteiger partial charge in [-0.2, -0.15) is 0 Å².